The first kappa shape index (κ1) is 10.4. The van der Waals surface area contributed by atoms with E-state index in [4.69, 9.17) is 6.42 Å². The molecule has 0 aliphatic rings. The van der Waals surface area contributed by atoms with Crippen LogP contribution in [0.1, 0.15) is 5.56 Å². The van der Waals surface area contributed by atoms with Crippen LogP contribution in [0.3, 0.4) is 0 Å². The zero-order chi connectivity index (χ0) is 9.68. The third-order valence-corrected chi connectivity index (χ3v) is 2.38. The lowest BCUT2D eigenvalue weighted by molar-refractivity contribution is 0.987. The molecule has 0 atom stereocenters. The second kappa shape index (κ2) is 5.13. The Morgan fingerprint density at radius 1 is 1.38 bits per heavy atom. The molecule has 0 unspecified atom stereocenters. The van der Waals surface area contributed by atoms with Crippen molar-refractivity contribution >= 4 is 28.3 Å². The van der Waals surface area contributed by atoms with Gasteiger partial charge in [-0.2, -0.15) is 0 Å². The van der Waals surface area contributed by atoms with E-state index in [2.05, 4.69) is 52.6 Å². The molecule has 0 saturated heterocycles. The van der Waals surface area contributed by atoms with E-state index >= 15 is 0 Å². The summed E-state index contributed by atoms with van der Waals surface area (Å²) in [7, 11) is 2.09. The average molecular weight is 285 g/mol. The van der Waals surface area contributed by atoms with Gasteiger partial charge in [-0.1, -0.05) is 28.5 Å². The Kier molecular flexibility index (Phi) is 4.10. The molecule has 68 valence electrons. The van der Waals surface area contributed by atoms with Gasteiger partial charge in [0.1, 0.15) is 0 Å². The average Bonchev–Trinajstić information content (AvgIpc) is 2.18. The predicted molar refractivity (Wildman–Crippen MR) is 66.5 cm³/mol. The van der Waals surface area contributed by atoms with E-state index in [0.717, 1.165) is 16.5 Å². The summed E-state index contributed by atoms with van der Waals surface area (Å²) in [6.45, 7) is 1.07. The highest BCUT2D eigenvalue weighted by atomic mass is 127. The molecule has 0 N–H and O–H groups in total. The van der Waals surface area contributed by atoms with Gasteiger partial charge in [-0.25, -0.2) is 0 Å². The van der Waals surface area contributed by atoms with E-state index < -0.39 is 0 Å². The minimum atomic E-state index is 0.937. The lowest BCUT2D eigenvalue weighted by Crippen LogP contribution is -2.19. The van der Waals surface area contributed by atoms with E-state index in [1.807, 2.05) is 12.1 Å². The van der Waals surface area contributed by atoms with E-state index in [1.165, 1.54) is 5.69 Å². The maximum absolute atomic E-state index is 5.27. The molecule has 0 heterocycles. The smallest absolute Gasteiger partial charge is 0.0364 e. The van der Waals surface area contributed by atoms with Gasteiger partial charge in [0.25, 0.3) is 0 Å². The fraction of sp³-hybridized carbons (Fsp3) is 0.273. The Morgan fingerprint density at radius 3 is 2.46 bits per heavy atom. The van der Waals surface area contributed by atoms with Crippen LogP contribution in [0.15, 0.2) is 24.3 Å². The second-order valence-corrected chi connectivity index (χ2v) is 3.88. The maximum atomic E-state index is 5.27. The number of halogens is 1. The molecule has 1 aromatic rings. The number of anilines is 1. The highest BCUT2D eigenvalue weighted by Gasteiger charge is 1.97. The largest absolute Gasteiger partial charge is 0.374 e. The summed E-state index contributed by atoms with van der Waals surface area (Å²) in [4.78, 5) is 2.22. The van der Waals surface area contributed by atoms with Crippen molar-refractivity contribution in [3.8, 4) is 12.3 Å². The van der Waals surface area contributed by atoms with Crippen LogP contribution in [0.25, 0.3) is 0 Å². The Hall–Kier alpha value is -0.690. The Bertz CT molecular complexity index is 297. The lowest BCUT2D eigenvalue weighted by Gasteiger charge is -2.17. The first-order valence-electron chi connectivity index (χ1n) is 4.11. The molecule has 1 aromatic carbocycles. The third kappa shape index (κ3) is 2.92. The summed E-state index contributed by atoms with van der Waals surface area (Å²) in [5.74, 6) is 2.61. The number of alkyl halides is 1. The van der Waals surface area contributed by atoms with Crippen molar-refractivity contribution in [2.75, 3.05) is 22.9 Å². The maximum Gasteiger partial charge on any atom is 0.0364 e. The zero-order valence-electron chi connectivity index (χ0n) is 7.63. The predicted octanol–water partition coefficient (Wildman–Crippen LogP) is 2.54. The highest BCUT2D eigenvalue weighted by molar-refractivity contribution is 14.1. The van der Waals surface area contributed by atoms with Crippen LogP contribution in [0.4, 0.5) is 5.69 Å². The molecule has 0 aliphatic heterocycles. The van der Waals surface area contributed by atoms with Gasteiger partial charge in [0.15, 0.2) is 0 Å². The molecular weight excluding hydrogens is 273 g/mol. The highest BCUT2D eigenvalue weighted by Crippen LogP contribution is 2.13. The lowest BCUT2D eigenvalue weighted by atomic mass is 10.2. The van der Waals surface area contributed by atoms with Crippen LogP contribution in [0.2, 0.25) is 0 Å². The Balaban J connectivity index is 2.75. The molecule has 0 saturated carbocycles. The molecule has 0 fully saturated rings. The van der Waals surface area contributed by atoms with Crippen LogP contribution in [-0.2, 0) is 0 Å². The van der Waals surface area contributed by atoms with Gasteiger partial charge in [0.05, 0.1) is 0 Å². The fourth-order valence-corrected chi connectivity index (χ4v) is 1.79. The van der Waals surface area contributed by atoms with Crippen molar-refractivity contribution in [3.05, 3.63) is 29.8 Å². The normalized spacial score (nSPS) is 9.31. The van der Waals surface area contributed by atoms with Gasteiger partial charge in [0.2, 0.25) is 0 Å². The van der Waals surface area contributed by atoms with Gasteiger partial charge < -0.3 is 4.90 Å². The SMILES string of the molecule is C#Cc1ccc(N(C)CCI)cc1. The Labute approximate surface area is 93.3 Å². The molecule has 2 heteroatoms. The van der Waals surface area contributed by atoms with Gasteiger partial charge in [-0.05, 0) is 24.3 Å². The molecular formula is C11H12IN. The summed E-state index contributed by atoms with van der Waals surface area (Å²) in [6.07, 6.45) is 5.27. The number of nitrogens with zero attached hydrogens (tertiary/aromatic N) is 1. The van der Waals surface area contributed by atoms with Crippen molar-refractivity contribution < 1.29 is 0 Å². The fourth-order valence-electron chi connectivity index (χ4n) is 1.07. The summed E-state index contributed by atoms with van der Waals surface area (Å²) >= 11 is 2.37. The quantitative estimate of drug-likeness (QED) is 0.468. The first-order chi connectivity index (χ1) is 6.27. The van der Waals surface area contributed by atoms with E-state index in [1.54, 1.807) is 0 Å². The minimum absolute atomic E-state index is 0.937. The minimum Gasteiger partial charge on any atom is -0.374 e. The van der Waals surface area contributed by atoms with E-state index in [-0.39, 0.29) is 0 Å². The summed E-state index contributed by atoms with van der Waals surface area (Å²) < 4.78 is 1.13. The summed E-state index contributed by atoms with van der Waals surface area (Å²) in [6, 6.07) is 8.06. The molecule has 0 spiro atoms. The van der Waals surface area contributed by atoms with Gasteiger partial charge in [0, 0.05) is 29.3 Å². The van der Waals surface area contributed by atoms with Gasteiger partial charge in [-0.15, -0.1) is 6.42 Å². The van der Waals surface area contributed by atoms with Crippen molar-refractivity contribution in [2.45, 2.75) is 0 Å². The molecule has 0 bridgehead atoms. The standard InChI is InChI=1S/C11H12IN/c1-3-10-4-6-11(7-5-10)13(2)9-8-12/h1,4-7H,8-9H2,2H3. The molecule has 1 rings (SSSR count). The number of hydrogen-bond acceptors (Lipinski definition) is 1. The number of benzene rings is 1. The molecule has 0 amide bonds. The van der Waals surface area contributed by atoms with Crippen LogP contribution >= 0.6 is 22.6 Å². The van der Waals surface area contributed by atoms with Crippen molar-refractivity contribution in [3.63, 3.8) is 0 Å². The molecule has 0 radical (unpaired) electrons. The van der Waals surface area contributed by atoms with Crippen LogP contribution in [-0.4, -0.2) is 18.0 Å². The molecule has 0 aromatic heterocycles. The molecule has 0 aliphatic carbocycles. The second-order valence-electron chi connectivity index (χ2n) is 2.80. The van der Waals surface area contributed by atoms with Crippen molar-refractivity contribution in [2.24, 2.45) is 0 Å². The third-order valence-electron chi connectivity index (χ3n) is 1.89. The Morgan fingerprint density at radius 2 is 2.00 bits per heavy atom. The van der Waals surface area contributed by atoms with Gasteiger partial charge >= 0.3 is 0 Å². The topological polar surface area (TPSA) is 3.24 Å². The number of rotatable bonds is 3. The van der Waals surface area contributed by atoms with Crippen LogP contribution in [0, 0.1) is 12.3 Å². The van der Waals surface area contributed by atoms with Crippen LogP contribution < -0.4 is 4.90 Å². The number of terminal acetylenes is 1. The summed E-state index contributed by atoms with van der Waals surface area (Å²) in [5.41, 5.74) is 2.15. The first-order valence-corrected chi connectivity index (χ1v) is 5.64. The van der Waals surface area contributed by atoms with Crippen molar-refractivity contribution in [1.82, 2.24) is 0 Å². The van der Waals surface area contributed by atoms with Crippen LogP contribution in [0.5, 0.6) is 0 Å². The monoisotopic (exact) mass is 285 g/mol. The van der Waals surface area contributed by atoms with E-state index in [9.17, 15) is 0 Å². The molecule has 13 heavy (non-hydrogen) atoms. The number of hydrogen-bond donors (Lipinski definition) is 0. The van der Waals surface area contributed by atoms with Gasteiger partial charge in [-0.3, -0.25) is 0 Å². The molecule has 1 nitrogen and oxygen atoms in total. The zero-order valence-corrected chi connectivity index (χ0v) is 9.78. The van der Waals surface area contributed by atoms with E-state index in [0.29, 0.717) is 0 Å². The summed E-state index contributed by atoms with van der Waals surface area (Å²) in [5, 5.41) is 0. The van der Waals surface area contributed by atoms with Crippen molar-refractivity contribution in [1.29, 1.82) is 0 Å².